The number of carbonyl (C=O) groups excluding carboxylic acids is 4. The molecule has 0 fully saturated rings. The van der Waals surface area contributed by atoms with Gasteiger partial charge in [0.1, 0.15) is 25.2 Å². The van der Waals surface area contributed by atoms with Gasteiger partial charge in [-0.05, 0) is 39.3 Å². The molecule has 0 bridgehead atoms. The Morgan fingerprint density at radius 3 is 1.45 bits per heavy atom. The third-order valence-electron chi connectivity index (χ3n) is 9.94. The first-order chi connectivity index (χ1) is 29.2. The number of ether oxygens (including phenoxy) is 2. The summed E-state index contributed by atoms with van der Waals surface area (Å²) >= 11 is 1.48. The Labute approximate surface area is 355 Å². The summed E-state index contributed by atoms with van der Waals surface area (Å²) in [7, 11) is 0. The number of nitrogens with one attached hydrogen (secondary N) is 3. The van der Waals surface area contributed by atoms with Crippen LogP contribution in [0.3, 0.4) is 0 Å². The van der Waals surface area contributed by atoms with E-state index in [2.05, 4.69) is 16.0 Å². The highest BCUT2D eigenvalue weighted by Crippen LogP contribution is 2.48. The number of hydrogen-bond acceptors (Lipinski definition) is 7. The lowest BCUT2D eigenvalue weighted by atomic mass is 9.84. The lowest BCUT2D eigenvalue weighted by molar-refractivity contribution is -0.145. The fraction of sp³-hybridized carbons (Fsp3) is 0.200. The highest BCUT2D eigenvalue weighted by atomic mass is 32.2. The van der Waals surface area contributed by atoms with E-state index in [0.29, 0.717) is 0 Å². The Hall–Kier alpha value is -6.65. The number of rotatable bonds is 18. The Kier molecular flexibility index (Phi) is 15.3. The number of amides is 3. The lowest BCUT2D eigenvalue weighted by Crippen LogP contribution is -2.56. The Bertz CT molecular complexity index is 2130. The molecule has 0 spiro atoms. The summed E-state index contributed by atoms with van der Waals surface area (Å²) in [5, 5.41) is 8.41. The molecule has 10 heteroatoms. The van der Waals surface area contributed by atoms with Gasteiger partial charge in [-0.15, -0.1) is 11.8 Å². The van der Waals surface area contributed by atoms with Crippen LogP contribution in [0.1, 0.15) is 53.3 Å². The summed E-state index contributed by atoms with van der Waals surface area (Å²) in [4.78, 5) is 55.0. The molecule has 0 heterocycles. The maximum atomic E-state index is 14.3. The van der Waals surface area contributed by atoms with Crippen LogP contribution in [0.4, 0.5) is 4.79 Å². The first-order valence-electron chi connectivity index (χ1n) is 19.9. The molecule has 0 unspecified atom stereocenters. The van der Waals surface area contributed by atoms with Crippen molar-refractivity contribution in [1.82, 2.24) is 16.0 Å². The minimum atomic E-state index is -1.15. The normalized spacial score (nSPS) is 12.2. The van der Waals surface area contributed by atoms with E-state index in [1.807, 2.05) is 182 Å². The molecule has 6 aromatic carbocycles. The molecule has 0 saturated carbocycles. The molecule has 0 aliphatic rings. The van der Waals surface area contributed by atoms with Crippen molar-refractivity contribution in [3.63, 3.8) is 0 Å². The molecule has 306 valence electrons. The molecule has 2 atom stereocenters. The second-order valence-corrected chi connectivity index (χ2v) is 15.7. The number of benzene rings is 6. The van der Waals surface area contributed by atoms with Crippen LogP contribution in [-0.4, -0.2) is 48.3 Å². The van der Waals surface area contributed by atoms with Crippen molar-refractivity contribution in [3.05, 3.63) is 215 Å². The van der Waals surface area contributed by atoms with Gasteiger partial charge in [0, 0.05) is 5.75 Å². The largest absolute Gasteiger partial charge is 0.460 e. The van der Waals surface area contributed by atoms with Gasteiger partial charge in [0.15, 0.2) is 6.10 Å². The van der Waals surface area contributed by atoms with E-state index in [4.69, 9.17) is 9.47 Å². The topological polar surface area (TPSA) is 123 Å². The van der Waals surface area contributed by atoms with Crippen LogP contribution in [0.2, 0.25) is 0 Å². The summed E-state index contributed by atoms with van der Waals surface area (Å²) in [5.74, 6) is -2.13. The van der Waals surface area contributed by atoms with Gasteiger partial charge in [-0.25, -0.2) is 4.79 Å². The highest BCUT2D eigenvalue weighted by Gasteiger charge is 2.39. The van der Waals surface area contributed by atoms with Crippen LogP contribution < -0.4 is 16.0 Å². The number of esters is 1. The molecule has 9 nitrogen and oxygen atoms in total. The molecule has 3 amide bonds. The van der Waals surface area contributed by atoms with E-state index in [1.54, 1.807) is 13.8 Å². The first-order valence-corrected chi connectivity index (χ1v) is 20.9. The summed E-state index contributed by atoms with van der Waals surface area (Å²) in [6, 6.07) is 55.7. The van der Waals surface area contributed by atoms with E-state index < -0.39 is 59.3 Å². The van der Waals surface area contributed by atoms with Crippen LogP contribution in [0, 0.1) is 5.92 Å². The van der Waals surface area contributed by atoms with Crippen molar-refractivity contribution in [1.29, 1.82) is 0 Å². The standard InChI is InChI=1S/C50H49N3O6S/c1-36(2)45(53-49(57)59-46(38-23-11-4-12-24-38)39-25-13-5-14-26-39)48(56)52-43(47(55)51-33-44(54)58-34-37-21-9-3-10-22-37)35-60-50(40-27-15-6-16-28-40,41-29-17-7-18-30-41)42-31-19-8-20-32-42/h3-32,36,43,45-46H,33-35H2,1-2H3,(H,51,55)(H,52,56)(H,53,57)/t43-,45-/m1/s1. The number of alkyl carbamates (subject to hydrolysis) is 1. The van der Waals surface area contributed by atoms with Crippen LogP contribution >= 0.6 is 11.8 Å². The minimum absolute atomic E-state index is 0.0482. The molecule has 0 aliphatic heterocycles. The van der Waals surface area contributed by atoms with E-state index in [9.17, 15) is 19.2 Å². The predicted molar refractivity (Wildman–Crippen MR) is 236 cm³/mol. The van der Waals surface area contributed by atoms with Crippen molar-refractivity contribution < 1.29 is 28.7 Å². The van der Waals surface area contributed by atoms with E-state index in [0.717, 1.165) is 33.4 Å². The maximum absolute atomic E-state index is 14.3. The lowest BCUT2D eigenvalue weighted by Gasteiger charge is -2.36. The molecular weight excluding hydrogens is 771 g/mol. The van der Waals surface area contributed by atoms with E-state index in [1.165, 1.54) is 11.8 Å². The summed E-state index contributed by atoms with van der Waals surface area (Å²) in [6.45, 7) is 3.23. The van der Waals surface area contributed by atoms with Crippen molar-refractivity contribution >= 4 is 35.6 Å². The second kappa shape index (κ2) is 21.4. The second-order valence-electron chi connectivity index (χ2n) is 14.5. The van der Waals surface area contributed by atoms with Gasteiger partial charge in [0.2, 0.25) is 11.8 Å². The molecule has 0 aromatic heterocycles. The van der Waals surface area contributed by atoms with Gasteiger partial charge in [-0.1, -0.05) is 196 Å². The summed E-state index contributed by atoms with van der Waals surface area (Å²) < 4.78 is 10.6. The van der Waals surface area contributed by atoms with Crippen molar-refractivity contribution in [3.8, 4) is 0 Å². The van der Waals surface area contributed by atoms with E-state index in [-0.39, 0.29) is 12.4 Å². The average Bonchev–Trinajstić information content (AvgIpc) is 3.30. The fourth-order valence-corrected chi connectivity index (χ4v) is 8.44. The average molecular weight is 820 g/mol. The Morgan fingerprint density at radius 1 is 0.567 bits per heavy atom. The summed E-state index contributed by atoms with van der Waals surface area (Å²) in [5.41, 5.74) is 5.25. The Balaban J connectivity index is 1.26. The SMILES string of the molecule is CC(C)[C@@H](NC(=O)OC(c1ccccc1)c1ccccc1)C(=O)N[C@H](CSC(c1ccccc1)(c1ccccc1)c1ccccc1)C(=O)NCC(=O)OCc1ccccc1. The molecule has 6 aromatic rings. The minimum Gasteiger partial charge on any atom is -0.460 e. The van der Waals surface area contributed by atoms with Crippen molar-refractivity contribution in [2.75, 3.05) is 12.3 Å². The monoisotopic (exact) mass is 819 g/mol. The maximum Gasteiger partial charge on any atom is 0.408 e. The van der Waals surface area contributed by atoms with Gasteiger partial charge in [-0.3, -0.25) is 14.4 Å². The van der Waals surface area contributed by atoms with Gasteiger partial charge in [-0.2, -0.15) is 0 Å². The number of hydrogen-bond donors (Lipinski definition) is 3. The molecule has 3 N–H and O–H groups in total. The molecule has 0 radical (unpaired) electrons. The molecule has 0 saturated heterocycles. The number of thioether (sulfide) groups is 1. The van der Waals surface area contributed by atoms with Gasteiger partial charge >= 0.3 is 12.1 Å². The van der Waals surface area contributed by atoms with Gasteiger partial charge < -0.3 is 25.4 Å². The van der Waals surface area contributed by atoms with Crippen LogP contribution in [0.15, 0.2) is 182 Å². The zero-order valence-corrected chi connectivity index (χ0v) is 34.4. The molecule has 6 rings (SSSR count). The zero-order chi connectivity index (χ0) is 42.2. The number of carbonyl (C=O) groups is 4. The third kappa shape index (κ3) is 11.3. The quantitative estimate of drug-likeness (QED) is 0.0587. The molecule has 60 heavy (non-hydrogen) atoms. The van der Waals surface area contributed by atoms with Crippen molar-refractivity contribution in [2.45, 2.75) is 43.4 Å². The first kappa shape index (κ1) is 42.9. The molecular formula is C50H49N3O6S. The Morgan fingerprint density at radius 2 is 1.00 bits per heavy atom. The predicted octanol–water partition coefficient (Wildman–Crippen LogP) is 8.60. The van der Waals surface area contributed by atoms with Crippen LogP contribution in [0.25, 0.3) is 0 Å². The van der Waals surface area contributed by atoms with Gasteiger partial charge in [0.25, 0.3) is 0 Å². The molecule has 0 aliphatic carbocycles. The smallest absolute Gasteiger partial charge is 0.408 e. The zero-order valence-electron chi connectivity index (χ0n) is 33.6. The van der Waals surface area contributed by atoms with Crippen LogP contribution in [-0.2, 0) is 35.2 Å². The highest BCUT2D eigenvalue weighted by molar-refractivity contribution is 8.00. The van der Waals surface area contributed by atoms with Crippen molar-refractivity contribution in [2.24, 2.45) is 5.92 Å². The van der Waals surface area contributed by atoms with Gasteiger partial charge in [0.05, 0.1) is 4.75 Å². The van der Waals surface area contributed by atoms with E-state index >= 15 is 0 Å². The van der Waals surface area contributed by atoms with Crippen LogP contribution in [0.5, 0.6) is 0 Å². The summed E-state index contributed by atoms with van der Waals surface area (Å²) in [6.07, 6.45) is -1.53. The third-order valence-corrected chi connectivity index (χ3v) is 11.6. The fourth-order valence-electron chi connectivity index (χ4n) is 6.88.